The first kappa shape index (κ1) is 21.8. The van der Waals surface area contributed by atoms with Crippen molar-refractivity contribution in [3.63, 3.8) is 0 Å². The van der Waals surface area contributed by atoms with Gasteiger partial charge in [-0.05, 0) is 43.4 Å². The minimum atomic E-state index is -1.02. The number of benzene rings is 1. The largest absolute Gasteiger partial charge is 0.465 e. The number of fused-ring (bicyclic) bond motifs is 1. The van der Waals surface area contributed by atoms with Crippen LogP contribution in [-0.4, -0.2) is 56.8 Å². The Labute approximate surface area is 191 Å². The van der Waals surface area contributed by atoms with Crippen LogP contribution in [0, 0.1) is 11.8 Å². The molecular formula is C22H25ClN6O3. The molecule has 3 heterocycles. The average molecular weight is 457 g/mol. The van der Waals surface area contributed by atoms with Crippen molar-refractivity contribution < 1.29 is 14.7 Å². The van der Waals surface area contributed by atoms with E-state index in [1.165, 1.54) is 5.56 Å². The molecule has 0 saturated carbocycles. The molecule has 1 unspecified atom stereocenters. The third kappa shape index (κ3) is 4.92. The molecule has 9 nitrogen and oxygen atoms in total. The lowest BCUT2D eigenvalue weighted by molar-refractivity contribution is 0.0113. The second-order valence-electron chi connectivity index (χ2n) is 7.60. The molecule has 1 saturated heterocycles. The number of aromatic nitrogens is 2. The van der Waals surface area contributed by atoms with Gasteiger partial charge < -0.3 is 20.2 Å². The van der Waals surface area contributed by atoms with E-state index >= 15 is 0 Å². The molecule has 32 heavy (non-hydrogen) atoms. The SMILES string of the molecule is CC#CCn1c(N2CCCC(NC(=O)O)C2)nc2c1ON(CCc1ccccc1)C(Cl)=N2. The molecule has 10 heteroatoms. The lowest BCUT2D eigenvalue weighted by atomic mass is 10.1. The first-order valence-electron chi connectivity index (χ1n) is 10.5. The zero-order chi connectivity index (χ0) is 22.5. The predicted molar refractivity (Wildman–Crippen MR) is 123 cm³/mol. The molecule has 2 aromatic rings. The molecule has 0 spiro atoms. The van der Waals surface area contributed by atoms with Gasteiger partial charge in [-0.15, -0.1) is 5.92 Å². The van der Waals surface area contributed by atoms with Gasteiger partial charge in [-0.2, -0.15) is 15.0 Å². The molecule has 2 aliphatic heterocycles. The molecule has 0 bridgehead atoms. The Morgan fingerprint density at radius 2 is 2.19 bits per heavy atom. The third-order valence-corrected chi connectivity index (χ3v) is 5.65. The van der Waals surface area contributed by atoms with Gasteiger partial charge in [0.05, 0.1) is 13.1 Å². The van der Waals surface area contributed by atoms with E-state index in [1.807, 2.05) is 27.7 Å². The Hall–Kier alpha value is -3.38. The molecule has 2 N–H and O–H groups in total. The number of nitrogens with one attached hydrogen (secondary N) is 1. The molecular weight excluding hydrogens is 432 g/mol. The van der Waals surface area contributed by atoms with Crippen molar-refractivity contribution >= 4 is 34.8 Å². The van der Waals surface area contributed by atoms with Crippen LogP contribution in [0.1, 0.15) is 25.3 Å². The van der Waals surface area contributed by atoms with Crippen LogP contribution in [0.5, 0.6) is 5.88 Å². The van der Waals surface area contributed by atoms with Crippen LogP contribution in [0.4, 0.5) is 16.6 Å². The number of hydrogen-bond donors (Lipinski definition) is 2. The number of carbonyl (C=O) groups is 1. The van der Waals surface area contributed by atoms with Crippen LogP contribution in [0.25, 0.3) is 0 Å². The highest BCUT2D eigenvalue weighted by molar-refractivity contribution is 6.64. The molecule has 168 valence electrons. The molecule has 0 radical (unpaired) electrons. The van der Waals surface area contributed by atoms with E-state index < -0.39 is 6.09 Å². The van der Waals surface area contributed by atoms with E-state index in [9.17, 15) is 4.79 Å². The van der Waals surface area contributed by atoms with E-state index in [0.29, 0.717) is 37.3 Å². The van der Waals surface area contributed by atoms with Gasteiger partial charge in [-0.1, -0.05) is 36.3 Å². The smallest absolute Gasteiger partial charge is 0.404 e. The number of piperidine rings is 1. The fraction of sp³-hybridized carbons (Fsp3) is 0.409. The molecule has 1 fully saturated rings. The second-order valence-corrected chi connectivity index (χ2v) is 7.94. The van der Waals surface area contributed by atoms with Crippen molar-refractivity contribution in [1.29, 1.82) is 0 Å². The number of anilines is 1. The number of rotatable bonds is 6. The molecule has 1 amide bonds. The van der Waals surface area contributed by atoms with Gasteiger partial charge in [0.25, 0.3) is 5.88 Å². The van der Waals surface area contributed by atoms with Gasteiger partial charge in [-0.3, -0.25) is 4.57 Å². The number of aliphatic imine (C=N–C) groups is 1. The van der Waals surface area contributed by atoms with Crippen LogP contribution in [0.3, 0.4) is 0 Å². The summed E-state index contributed by atoms with van der Waals surface area (Å²) in [5.41, 5.74) is 1.17. The van der Waals surface area contributed by atoms with Gasteiger partial charge in [0, 0.05) is 19.1 Å². The first-order valence-corrected chi connectivity index (χ1v) is 10.9. The van der Waals surface area contributed by atoms with Crippen molar-refractivity contribution in [2.75, 3.05) is 24.5 Å². The van der Waals surface area contributed by atoms with Gasteiger partial charge in [0.15, 0.2) is 0 Å². The number of halogens is 1. The summed E-state index contributed by atoms with van der Waals surface area (Å²) in [6.45, 7) is 3.94. The molecule has 1 aromatic carbocycles. The quantitative estimate of drug-likeness (QED) is 0.512. The highest BCUT2D eigenvalue weighted by Crippen LogP contribution is 2.37. The summed E-state index contributed by atoms with van der Waals surface area (Å²) >= 11 is 6.39. The number of amides is 1. The highest BCUT2D eigenvalue weighted by atomic mass is 35.5. The van der Waals surface area contributed by atoms with Crippen LogP contribution >= 0.6 is 11.6 Å². The molecule has 0 aliphatic carbocycles. The number of nitrogens with zero attached hydrogens (tertiary/aromatic N) is 5. The van der Waals surface area contributed by atoms with Gasteiger partial charge in [0.2, 0.25) is 17.1 Å². The topological polar surface area (TPSA) is 95.2 Å². The Morgan fingerprint density at radius 3 is 2.94 bits per heavy atom. The van der Waals surface area contributed by atoms with E-state index in [4.69, 9.17) is 21.5 Å². The van der Waals surface area contributed by atoms with Crippen LogP contribution in [0.2, 0.25) is 0 Å². The fourth-order valence-corrected chi connectivity index (χ4v) is 4.07. The zero-order valence-corrected chi connectivity index (χ0v) is 18.5. The van der Waals surface area contributed by atoms with Crippen molar-refractivity contribution in [3.8, 4) is 17.7 Å². The van der Waals surface area contributed by atoms with Crippen LogP contribution < -0.4 is 15.1 Å². The van der Waals surface area contributed by atoms with E-state index in [2.05, 4.69) is 39.3 Å². The predicted octanol–water partition coefficient (Wildman–Crippen LogP) is 3.22. The maximum absolute atomic E-state index is 11.1. The average Bonchev–Trinajstić information content (AvgIpc) is 3.13. The summed E-state index contributed by atoms with van der Waals surface area (Å²) < 4.78 is 1.87. The number of carboxylic acid groups (broad SMARTS) is 1. The fourth-order valence-electron chi connectivity index (χ4n) is 3.87. The maximum atomic E-state index is 11.1. The highest BCUT2D eigenvalue weighted by Gasteiger charge is 2.31. The summed E-state index contributed by atoms with van der Waals surface area (Å²) in [6.07, 6.45) is 1.35. The summed E-state index contributed by atoms with van der Waals surface area (Å²) in [4.78, 5) is 28.4. The Morgan fingerprint density at radius 1 is 1.38 bits per heavy atom. The zero-order valence-electron chi connectivity index (χ0n) is 17.8. The van der Waals surface area contributed by atoms with E-state index in [0.717, 1.165) is 25.8 Å². The summed E-state index contributed by atoms with van der Waals surface area (Å²) in [5.74, 6) is 7.49. The molecule has 1 atom stereocenters. The minimum absolute atomic E-state index is 0.170. The molecule has 4 rings (SSSR count). The van der Waals surface area contributed by atoms with Crippen molar-refractivity contribution in [2.24, 2.45) is 4.99 Å². The lowest BCUT2D eigenvalue weighted by Crippen LogP contribution is -2.48. The van der Waals surface area contributed by atoms with Crippen LogP contribution in [0.15, 0.2) is 35.3 Å². The lowest BCUT2D eigenvalue weighted by Gasteiger charge is -2.33. The van der Waals surface area contributed by atoms with E-state index in [-0.39, 0.29) is 11.3 Å². The van der Waals surface area contributed by atoms with Crippen LogP contribution in [-0.2, 0) is 13.0 Å². The normalized spacial score (nSPS) is 17.6. The number of hydroxylamine groups is 2. The second kappa shape index (κ2) is 9.83. The van der Waals surface area contributed by atoms with Gasteiger partial charge in [0.1, 0.15) is 0 Å². The first-order chi connectivity index (χ1) is 15.5. The summed E-state index contributed by atoms with van der Waals surface area (Å²) in [6, 6.07) is 9.91. The van der Waals surface area contributed by atoms with E-state index in [1.54, 1.807) is 12.0 Å². The Balaban J connectivity index is 1.57. The Kier molecular flexibility index (Phi) is 6.71. The standard InChI is InChI=1S/C22H25ClN6O3/c1-2-3-13-28-19-18(26-21(28)27-12-7-10-17(15-27)24-22(30)31)25-20(23)29(32-19)14-11-16-8-5-4-6-9-16/h4-6,8-9,17,24H,7,10-15H2,1H3,(H,30,31). The van der Waals surface area contributed by atoms with Gasteiger partial charge in [-0.25, -0.2) is 4.79 Å². The minimum Gasteiger partial charge on any atom is -0.465 e. The monoisotopic (exact) mass is 456 g/mol. The van der Waals surface area contributed by atoms with Crippen molar-refractivity contribution in [2.45, 2.75) is 38.8 Å². The van der Waals surface area contributed by atoms with Gasteiger partial charge >= 0.3 is 6.09 Å². The third-order valence-electron chi connectivity index (χ3n) is 5.38. The molecule has 2 aliphatic rings. The number of amidine groups is 1. The van der Waals surface area contributed by atoms with Crippen molar-refractivity contribution in [3.05, 3.63) is 35.9 Å². The van der Waals surface area contributed by atoms with Crippen molar-refractivity contribution in [1.82, 2.24) is 19.9 Å². The number of imidazole rings is 1. The number of hydrogen-bond acceptors (Lipinski definition) is 6. The summed E-state index contributed by atoms with van der Waals surface area (Å²) in [7, 11) is 0. The Bertz CT molecular complexity index is 1060. The molecule has 1 aromatic heterocycles. The maximum Gasteiger partial charge on any atom is 0.404 e. The summed E-state index contributed by atoms with van der Waals surface area (Å²) in [5, 5.41) is 13.4.